The van der Waals surface area contributed by atoms with Crippen molar-refractivity contribution < 1.29 is 9.59 Å². The Kier molecular flexibility index (Phi) is 5.66. The number of H-pyrrole nitrogens is 1. The molecule has 1 amide bonds. The van der Waals surface area contributed by atoms with Gasteiger partial charge in [0, 0.05) is 31.4 Å². The maximum atomic E-state index is 12.2. The van der Waals surface area contributed by atoms with E-state index in [9.17, 15) is 9.59 Å². The SMILES string of the molecule is CC(=O)c1c[nH]c(C(=O)NCC2CCCN(Cc3ccccc3)C2)c1. The second kappa shape index (κ2) is 8.12. The molecule has 1 aliphatic rings. The molecule has 2 aromatic rings. The fourth-order valence-electron chi connectivity index (χ4n) is 3.36. The second-order valence-electron chi connectivity index (χ2n) is 6.80. The molecule has 25 heavy (non-hydrogen) atoms. The van der Waals surface area contributed by atoms with E-state index in [-0.39, 0.29) is 11.7 Å². The number of nitrogens with one attached hydrogen (secondary N) is 2. The largest absolute Gasteiger partial charge is 0.356 e. The first-order valence-electron chi connectivity index (χ1n) is 8.85. The number of benzene rings is 1. The van der Waals surface area contributed by atoms with Gasteiger partial charge in [-0.3, -0.25) is 14.5 Å². The van der Waals surface area contributed by atoms with Gasteiger partial charge in [-0.1, -0.05) is 30.3 Å². The predicted octanol–water partition coefficient (Wildman–Crippen LogP) is 2.86. The summed E-state index contributed by atoms with van der Waals surface area (Å²) in [6, 6.07) is 12.1. The van der Waals surface area contributed by atoms with Crippen molar-refractivity contribution in [1.82, 2.24) is 15.2 Å². The molecular formula is C20H25N3O2. The summed E-state index contributed by atoms with van der Waals surface area (Å²) in [4.78, 5) is 28.9. The van der Waals surface area contributed by atoms with E-state index in [1.54, 1.807) is 12.3 Å². The molecule has 3 rings (SSSR count). The Morgan fingerprint density at radius 1 is 1.28 bits per heavy atom. The molecule has 0 spiro atoms. The van der Waals surface area contributed by atoms with Gasteiger partial charge >= 0.3 is 0 Å². The highest BCUT2D eigenvalue weighted by atomic mass is 16.2. The number of nitrogens with zero attached hydrogens (tertiary/aromatic N) is 1. The molecule has 1 atom stereocenters. The number of hydrogen-bond acceptors (Lipinski definition) is 3. The number of likely N-dealkylation sites (tertiary alicyclic amines) is 1. The zero-order valence-electron chi connectivity index (χ0n) is 14.6. The molecule has 1 aromatic carbocycles. The van der Waals surface area contributed by atoms with Gasteiger partial charge in [0.25, 0.3) is 5.91 Å². The van der Waals surface area contributed by atoms with Crippen LogP contribution >= 0.6 is 0 Å². The second-order valence-corrected chi connectivity index (χ2v) is 6.80. The summed E-state index contributed by atoms with van der Waals surface area (Å²) < 4.78 is 0. The van der Waals surface area contributed by atoms with Crippen molar-refractivity contribution in [3.63, 3.8) is 0 Å². The number of amides is 1. The van der Waals surface area contributed by atoms with E-state index in [0.717, 1.165) is 32.5 Å². The van der Waals surface area contributed by atoms with E-state index in [0.29, 0.717) is 23.7 Å². The van der Waals surface area contributed by atoms with Crippen molar-refractivity contribution in [3.05, 3.63) is 59.4 Å². The molecule has 1 unspecified atom stereocenters. The first-order chi connectivity index (χ1) is 12.1. The van der Waals surface area contributed by atoms with Gasteiger partial charge in [-0.15, -0.1) is 0 Å². The van der Waals surface area contributed by atoms with Crippen LogP contribution in [0.25, 0.3) is 0 Å². The molecule has 2 heterocycles. The standard InChI is InChI=1S/C20H25N3O2/c1-15(24)18-10-19(21-12-18)20(25)22-11-17-8-5-9-23(14-17)13-16-6-3-2-4-7-16/h2-4,6-7,10,12,17,21H,5,8-9,11,13-14H2,1H3,(H,22,25). The molecule has 1 fully saturated rings. The number of aromatic amines is 1. The molecule has 2 N–H and O–H groups in total. The van der Waals surface area contributed by atoms with Crippen LogP contribution in [-0.2, 0) is 6.54 Å². The smallest absolute Gasteiger partial charge is 0.267 e. The average Bonchev–Trinajstić information content (AvgIpc) is 3.11. The lowest BCUT2D eigenvalue weighted by Gasteiger charge is -2.32. The third-order valence-corrected chi connectivity index (χ3v) is 4.74. The van der Waals surface area contributed by atoms with Crippen LogP contribution in [0, 0.1) is 5.92 Å². The van der Waals surface area contributed by atoms with E-state index in [1.165, 1.54) is 12.5 Å². The summed E-state index contributed by atoms with van der Waals surface area (Å²) in [5.74, 6) is 0.274. The molecule has 0 radical (unpaired) electrons. The number of aromatic nitrogens is 1. The van der Waals surface area contributed by atoms with Crippen molar-refractivity contribution in [2.45, 2.75) is 26.3 Å². The minimum Gasteiger partial charge on any atom is -0.356 e. The van der Waals surface area contributed by atoms with Crippen LogP contribution in [0.5, 0.6) is 0 Å². The first-order valence-corrected chi connectivity index (χ1v) is 8.85. The fourth-order valence-corrected chi connectivity index (χ4v) is 3.36. The third-order valence-electron chi connectivity index (χ3n) is 4.74. The summed E-state index contributed by atoms with van der Waals surface area (Å²) in [5, 5.41) is 3.00. The monoisotopic (exact) mass is 339 g/mol. The van der Waals surface area contributed by atoms with Crippen LogP contribution in [0.1, 0.15) is 46.2 Å². The Morgan fingerprint density at radius 2 is 2.08 bits per heavy atom. The van der Waals surface area contributed by atoms with Gasteiger partial charge in [0.1, 0.15) is 5.69 Å². The highest BCUT2D eigenvalue weighted by molar-refractivity contribution is 5.99. The van der Waals surface area contributed by atoms with Crippen molar-refractivity contribution in [1.29, 1.82) is 0 Å². The molecule has 1 saturated heterocycles. The lowest BCUT2D eigenvalue weighted by molar-refractivity contribution is 0.0926. The summed E-state index contributed by atoms with van der Waals surface area (Å²) in [7, 11) is 0. The van der Waals surface area contributed by atoms with Crippen LogP contribution in [0.4, 0.5) is 0 Å². The van der Waals surface area contributed by atoms with Crippen LogP contribution in [0.2, 0.25) is 0 Å². The number of ketones is 1. The van der Waals surface area contributed by atoms with E-state index in [4.69, 9.17) is 0 Å². The van der Waals surface area contributed by atoms with Gasteiger partial charge in [-0.25, -0.2) is 0 Å². The summed E-state index contributed by atoms with van der Waals surface area (Å²) in [5.41, 5.74) is 2.31. The Bertz CT molecular complexity index is 724. The normalized spacial score (nSPS) is 18.0. The highest BCUT2D eigenvalue weighted by Crippen LogP contribution is 2.18. The topological polar surface area (TPSA) is 65.2 Å². The quantitative estimate of drug-likeness (QED) is 0.796. The maximum Gasteiger partial charge on any atom is 0.267 e. The van der Waals surface area contributed by atoms with Gasteiger partial charge in [-0.05, 0) is 43.9 Å². The minimum atomic E-state index is -0.146. The summed E-state index contributed by atoms with van der Waals surface area (Å²) in [6.07, 6.45) is 3.87. The predicted molar refractivity (Wildman–Crippen MR) is 97.6 cm³/mol. The number of carbonyl (C=O) groups excluding carboxylic acids is 2. The maximum absolute atomic E-state index is 12.2. The number of hydrogen-bond donors (Lipinski definition) is 2. The lowest BCUT2D eigenvalue weighted by atomic mass is 9.97. The Balaban J connectivity index is 1.49. The lowest BCUT2D eigenvalue weighted by Crippen LogP contribution is -2.40. The number of carbonyl (C=O) groups is 2. The highest BCUT2D eigenvalue weighted by Gasteiger charge is 2.21. The Labute approximate surface area is 148 Å². The molecule has 0 saturated carbocycles. The van der Waals surface area contributed by atoms with Gasteiger partial charge in [0.05, 0.1) is 0 Å². The van der Waals surface area contributed by atoms with Crippen molar-refractivity contribution in [2.24, 2.45) is 5.92 Å². The number of rotatable bonds is 6. The molecule has 132 valence electrons. The van der Waals surface area contributed by atoms with E-state index in [2.05, 4.69) is 39.5 Å². The first kappa shape index (κ1) is 17.4. The van der Waals surface area contributed by atoms with Gasteiger partial charge in [0.2, 0.25) is 0 Å². The van der Waals surface area contributed by atoms with E-state index < -0.39 is 0 Å². The average molecular weight is 339 g/mol. The van der Waals surface area contributed by atoms with E-state index >= 15 is 0 Å². The van der Waals surface area contributed by atoms with Crippen LogP contribution in [0.15, 0.2) is 42.6 Å². The van der Waals surface area contributed by atoms with E-state index in [1.807, 2.05) is 6.07 Å². The van der Waals surface area contributed by atoms with Gasteiger partial charge in [-0.2, -0.15) is 0 Å². The Morgan fingerprint density at radius 3 is 2.80 bits per heavy atom. The van der Waals surface area contributed by atoms with Gasteiger partial charge in [0.15, 0.2) is 5.78 Å². The van der Waals surface area contributed by atoms with Crippen LogP contribution in [0.3, 0.4) is 0 Å². The van der Waals surface area contributed by atoms with Crippen molar-refractivity contribution in [2.75, 3.05) is 19.6 Å². The molecule has 5 heteroatoms. The van der Waals surface area contributed by atoms with Crippen LogP contribution in [-0.4, -0.2) is 41.2 Å². The van der Waals surface area contributed by atoms with Crippen LogP contribution < -0.4 is 5.32 Å². The molecule has 1 aromatic heterocycles. The number of Topliss-reactive ketones (excluding diaryl/α,β-unsaturated/α-hetero) is 1. The van der Waals surface area contributed by atoms with Crippen molar-refractivity contribution >= 4 is 11.7 Å². The molecule has 0 bridgehead atoms. The minimum absolute atomic E-state index is 0.0425. The molecule has 5 nitrogen and oxygen atoms in total. The molecular weight excluding hydrogens is 314 g/mol. The Hall–Kier alpha value is -2.40. The summed E-state index contributed by atoms with van der Waals surface area (Å²) in [6.45, 7) is 5.23. The summed E-state index contributed by atoms with van der Waals surface area (Å²) >= 11 is 0. The molecule has 1 aliphatic heterocycles. The zero-order chi connectivity index (χ0) is 17.6. The number of piperidine rings is 1. The van der Waals surface area contributed by atoms with Crippen molar-refractivity contribution in [3.8, 4) is 0 Å². The zero-order valence-corrected chi connectivity index (χ0v) is 14.6. The fraction of sp³-hybridized carbons (Fsp3) is 0.400. The van der Waals surface area contributed by atoms with Gasteiger partial charge < -0.3 is 10.3 Å². The third kappa shape index (κ3) is 4.79. The molecule has 0 aliphatic carbocycles.